The second-order valence-electron chi connectivity index (χ2n) is 3.70. The van der Waals surface area contributed by atoms with Gasteiger partial charge in [0.05, 0.1) is 13.2 Å². The minimum absolute atomic E-state index is 0.154. The average molecular weight is 284 g/mol. The maximum atomic E-state index is 11.9. The molecule has 0 radical (unpaired) electrons. The van der Waals surface area contributed by atoms with Crippen molar-refractivity contribution >= 4 is 29.1 Å². The van der Waals surface area contributed by atoms with Crippen LogP contribution in [0.1, 0.15) is 30.6 Å². The zero-order valence-electron chi connectivity index (χ0n) is 10.9. The van der Waals surface area contributed by atoms with E-state index in [0.29, 0.717) is 5.56 Å². The summed E-state index contributed by atoms with van der Waals surface area (Å²) >= 11 is 1.38. The first-order valence-electron chi connectivity index (χ1n) is 5.98. The molecule has 0 aliphatic rings. The molecule has 0 N–H and O–H groups in total. The first-order chi connectivity index (χ1) is 9.10. The van der Waals surface area contributed by atoms with E-state index in [4.69, 9.17) is 9.47 Å². The third-order valence-corrected chi connectivity index (χ3v) is 3.06. The molecule has 1 aromatic rings. The minimum Gasteiger partial charge on any atom is -0.465 e. The molecule has 0 saturated heterocycles. The Labute approximate surface area is 115 Å². The average Bonchev–Trinajstić information content (AvgIpc) is 2.90. The number of Topliss-reactive ketones (excluding diaryl/α,β-unsaturated/α-hetero) is 1. The monoisotopic (exact) mass is 284 g/mol. The van der Waals surface area contributed by atoms with E-state index in [1.807, 2.05) is 0 Å². The Morgan fingerprint density at radius 1 is 1.16 bits per heavy atom. The summed E-state index contributed by atoms with van der Waals surface area (Å²) in [5, 5.41) is 3.44. The van der Waals surface area contributed by atoms with Crippen LogP contribution < -0.4 is 0 Å². The van der Waals surface area contributed by atoms with Crippen molar-refractivity contribution in [2.45, 2.75) is 20.3 Å². The molecule has 0 fully saturated rings. The predicted molar refractivity (Wildman–Crippen MR) is 70.0 cm³/mol. The van der Waals surface area contributed by atoms with Crippen LogP contribution in [0.5, 0.6) is 0 Å². The van der Waals surface area contributed by atoms with Gasteiger partial charge in [-0.25, -0.2) is 0 Å². The number of rotatable bonds is 7. The van der Waals surface area contributed by atoms with E-state index in [1.54, 1.807) is 30.7 Å². The molecule has 0 bridgehead atoms. The molecule has 0 spiro atoms. The van der Waals surface area contributed by atoms with Crippen LogP contribution in [-0.2, 0) is 19.1 Å². The fourth-order valence-corrected chi connectivity index (χ4v) is 2.14. The van der Waals surface area contributed by atoms with E-state index in [0.717, 1.165) is 0 Å². The standard InChI is InChI=1S/C13H16O5S/c1-3-17-12(15)10(13(16)18-4-2)7-11(14)9-5-6-19-8-9/h5-6,8,10H,3-4,7H2,1-2H3. The maximum absolute atomic E-state index is 11.9. The van der Waals surface area contributed by atoms with Crippen molar-refractivity contribution in [2.24, 2.45) is 5.92 Å². The van der Waals surface area contributed by atoms with E-state index in [1.165, 1.54) is 11.3 Å². The number of thiophene rings is 1. The largest absolute Gasteiger partial charge is 0.465 e. The summed E-state index contributed by atoms with van der Waals surface area (Å²) in [7, 11) is 0. The molecule has 0 atom stereocenters. The zero-order chi connectivity index (χ0) is 14.3. The van der Waals surface area contributed by atoms with E-state index in [2.05, 4.69) is 0 Å². The van der Waals surface area contributed by atoms with Gasteiger partial charge in [0, 0.05) is 17.4 Å². The van der Waals surface area contributed by atoms with Gasteiger partial charge in [0.25, 0.3) is 0 Å². The number of hydrogen-bond acceptors (Lipinski definition) is 6. The fourth-order valence-electron chi connectivity index (χ4n) is 1.47. The number of ketones is 1. The van der Waals surface area contributed by atoms with Crippen LogP contribution in [-0.4, -0.2) is 30.9 Å². The summed E-state index contributed by atoms with van der Waals surface area (Å²) in [6, 6.07) is 1.65. The lowest BCUT2D eigenvalue weighted by Crippen LogP contribution is -2.30. The van der Waals surface area contributed by atoms with Gasteiger partial charge in [0.15, 0.2) is 11.7 Å². The van der Waals surface area contributed by atoms with Crippen molar-refractivity contribution in [2.75, 3.05) is 13.2 Å². The molecule has 0 amide bonds. The van der Waals surface area contributed by atoms with Gasteiger partial charge < -0.3 is 9.47 Å². The summed E-state index contributed by atoms with van der Waals surface area (Å²) in [5.74, 6) is -2.89. The molecule has 0 unspecified atom stereocenters. The molecule has 0 aliphatic heterocycles. The fraction of sp³-hybridized carbons (Fsp3) is 0.462. The molecule has 1 rings (SSSR count). The van der Waals surface area contributed by atoms with Gasteiger partial charge in [0.2, 0.25) is 0 Å². The third kappa shape index (κ3) is 4.48. The van der Waals surface area contributed by atoms with Crippen molar-refractivity contribution < 1.29 is 23.9 Å². The molecule has 19 heavy (non-hydrogen) atoms. The lowest BCUT2D eigenvalue weighted by Gasteiger charge is -2.13. The molecule has 1 heterocycles. The molecule has 5 nitrogen and oxygen atoms in total. The minimum atomic E-state index is -1.19. The van der Waals surface area contributed by atoms with Gasteiger partial charge >= 0.3 is 11.9 Å². The van der Waals surface area contributed by atoms with Gasteiger partial charge in [-0.3, -0.25) is 14.4 Å². The predicted octanol–water partition coefficient (Wildman–Crippen LogP) is 2.06. The summed E-state index contributed by atoms with van der Waals surface area (Å²) in [6.07, 6.45) is -0.228. The van der Waals surface area contributed by atoms with Crippen LogP contribution in [0.25, 0.3) is 0 Å². The van der Waals surface area contributed by atoms with E-state index < -0.39 is 17.9 Å². The normalized spacial score (nSPS) is 10.3. The first kappa shape index (κ1) is 15.4. The van der Waals surface area contributed by atoms with Crippen LogP contribution in [0.3, 0.4) is 0 Å². The van der Waals surface area contributed by atoms with Crippen molar-refractivity contribution in [1.82, 2.24) is 0 Å². The van der Waals surface area contributed by atoms with Crippen molar-refractivity contribution in [3.8, 4) is 0 Å². The SMILES string of the molecule is CCOC(=O)C(CC(=O)c1ccsc1)C(=O)OCC. The second-order valence-corrected chi connectivity index (χ2v) is 4.48. The Morgan fingerprint density at radius 2 is 1.74 bits per heavy atom. The van der Waals surface area contributed by atoms with Crippen molar-refractivity contribution in [3.63, 3.8) is 0 Å². The number of carbonyl (C=O) groups excluding carboxylic acids is 3. The van der Waals surface area contributed by atoms with Crippen molar-refractivity contribution in [1.29, 1.82) is 0 Å². The van der Waals surface area contributed by atoms with Crippen LogP contribution in [0.2, 0.25) is 0 Å². The maximum Gasteiger partial charge on any atom is 0.320 e. The van der Waals surface area contributed by atoms with Gasteiger partial charge in [-0.2, -0.15) is 11.3 Å². The summed E-state index contributed by atoms with van der Waals surface area (Å²) < 4.78 is 9.60. The molecule has 0 aliphatic carbocycles. The number of ether oxygens (including phenoxy) is 2. The Kier molecular flexibility index (Phi) is 6.21. The smallest absolute Gasteiger partial charge is 0.320 e. The van der Waals surface area contributed by atoms with Crippen LogP contribution in [0.15, 0.2) is 16.8 Å². The first-order valence-corrected chi connectivity index (χ1v) is 6.93. The number of hydrogen-bond donors (Lipinski definition) is 0. The molecule has 0 saturated carbocycles. The molecule has 104 valence electrons. The third-order valence-electron chi connectivity index (χ3n) is 2.37. The molecule has 0 aromatic carbocycles. The Bertz CT molecular complexity index is 420. The van der Waals surface area contributed by atoms with Gasteiger partial charge in [-0.1, -0.05) is 0 Å². The Hall–Kier alpha value is -1.69. The second kappa shape index (κ2) is 7.68. The number of carbonyl (C=O) groups is 3. The van der Waals surface area contributed by atoms with Crippen LogP contribution in [0, 0.1) is 5.92 Å². The van der Waals surface area contributed by atoms with Gasteiger partial charge in [-0.05, 0) is 25.3 Å². The topological polar surface area (TPSA) is 69.7 Å². The highest BCUT2D eigenvalue weighted by molar-refractivity contribution is 7.08. The highest BCUT2D eigenvalue weighted by Gasteiger charge is 2.32. The number of esters is 2. The Morgan fingerprint density at radius 3 is 2.16 bits per heavy atom. The van der Waals surface area contributed by atoms with Gasteiger partial charge in [0.1, 0.15) is 0 Å². The Balaban J connectivity index is 2.76. The lowest BCUT2D eigenvalue weighted by atomic mass is 10.00. The zero-order valence-corrected chi connectivity index (χ0v) is 11.7. The van der Waals surface area contributed by atoms with Gasteiger partial charge in [-0.15, -0.1) is 0 Å². The molecular formula is C13H16O5S. The summed E-state index contributed by atoms with van der Waals surface area (Å²) in [4.78, 5) is 35.3. The van der Waals surface area contributed by atoms with E-state index in [-0.39, 0.29) is 25.4 Å². The van der Waals surface area contributed by atoms with E-state index in [9.17, 15) is 14.4 Å². The van der Waals surface area contributed by atoms with Crippen LogP contribution >= 0.6 is 11.3 Å². The summed E-state index contributed by atoms with van der Waals surface area (Å²) in [6.45, 7) is 3.59. The molecular weight excluding hydrogens is 268 g/mol. The molecule has 1 aromatic heterocycles. The highest BCUT2D eigenvalue weighted by atomic mass is 32.1. The quantitative estimate of drug-likeness (QED) is 0.435. The summed E-state index contributed by atoms with van der Waals surface area (Å²) in [5.41, 5.74) is 0.489. The van der Waals surface area contributed by atoms with E-state index >= 15 is 0 Å². The molecule has 6 heteroatoms. The highest BCUT2D eigenvalue weighted by Crippen LogP contribution is 2.16. The lowest BCUT2D eigenvalue weighted by molar-refractivity contribution is -0.161. The van der Waals surface area contributed by atoms with Crippen LogP contribution in [0.4, 0.5) is 0 Å². The van der Waals surface area contributed by atoms with Crippen molar-refractivity contribution in [3.05, 3.63) is 22.4 Å².